The number of rotatable bonds is 4. The average molecular weight is 248 g/mol. The highest BCUT2D eigenvalue weighted by Gasteiger charge is 2.20. The number of hydrogen-bond acceptors (Lipinski definition) is 3. The third-order valence-corrected chi connectivity index (χ3v) is 4.64. The van der Waals surface area contributed by atoms with Crippen LogP contribution >= 0.6 is 11.3 Å². The minimum absolute atomic E-state index is 0.682. The van der Waals surface area contributed by atoms with Crippen molar-refractivity contribution in [1.82, 2.24) is 5.32 Å². The first kappa shape index (κ1) is 12.6. The third kappa shape index (κ3) is 3.55. The van der Waals surface area contributed by atoms with Crippen molar-refractivity contribution in [1.29, 1.82) is 5.26 Å². The molecule has 2 rings (SSSR count). The standard InChI is InChI=1S/C14H20N2S/c1-2-11-4-3-5-13(6-11)16-9-14-7-12(8-15)10-17-14/h7,10-11,13,16H,2-6,9H2,1H3. The van der Waals surface area contributed by atoms with Gasteiger partial charge < -0.3 is 5.32 Å². The monoisotopic (exact) mass is 248 g/mol. The van der Waals surface area contributed by atoms with Crippen LogP contribution < -0.4 is 5.32 Å². The fourth-order valence-corrected chi connectivity index (χ4v) is 3.38. The molecule has 0 spiro atoms. The van der Waals surface area contributed by atoms with Gasteiger partial charge in [0.15, 0.2) is 0 Å². The van der Waals surface area contributed by atoms with Crippen LogP contribution in [0.25, 0.3) is 0 Å². The normalized spacial score (nSPS) is 24.5. The Morgan fingerprint density at radius 2 is 2.41 bits per heavy atom. The number of thiophene rings is 1. The Labute approximate surface area is 108 Å². The Kier molecular flexibility index (Phi) is 4.58. The van der Waals surface area contributed by atoms with E-state index in [1.54, 1.807) is 11.3 Å². The van der Waals surface area contributed by atoms with E-state index in [0.717, 1.165) is 18.0 Å². The molecule has 2 nitrogen and oxygen atoms in total. The molecule has 17 heavy (non-hydrogen) atoms. The van der Waals surface area contributed by atoms with Crippen LogP contribution in [0.4, 0.5) is 0 Å². The van der Waals surface area contributed by atoms with E-state index < -0.39 is 0 Å². The van der Waals surface area contributed by atoms with Crippen LogP contribution in [0.5, 0.6) is 0 Å². The minimum Gasteiger partial charge on any atom is -0.309 e. The molecule has 1 N–H and O–H groups in total. The number of nitrogens with zero attached hydrogens (tertiary/aromatic N) is 1. The Hall–Kier alpha value is -0.850. The number of nitrogens with one attached hydrogen (secondary N) is 1. The molecule has 92 valence electrons. The fraction of sp³-hybridized carbons (Fsp3) is 0.643. The second-order valence-electron chi connectivity index (χ2n) is 4.93. The van der Waals surface area contributed by atoms with E-state index in [2.05, 4.69) is 18.3 Å². The maximum absolute atomic E-state index is 8.77. The first-order chi connectivity index (χ1) is 8.31. The minimum atomic E-state index is 0.682. The molecule has 2 unspecified atom stereocenters. The van der Waals surface area contributed by atoms with Crippen molar-refractivity contribution in [2.45, 2.75) is 51.6 Å². The maximum Gasteiger partial charge on any atom is 0.100 e. The van der Waals surface area contributed by atoms with E-state index in [-0.39, 0.29) is 0 Å². The summed E-state index contributed by atoms with van der Waals surface area (Å²) in [4.78, 5) is 1.28. The second kappa shape index (κ2) is 6.18. The van der Waals surface area contributed by atoms with Crippen molar-refractivity contribution in [2.24, 2.45) is 5.92 Å². The quantitative estimate of drug-likeness (QED) is 0.882. The Bertz CT molecular complexity index is 391. The first-order valence-electron chi connectivity index (χ1n) is 6.52. The number of nitriles is 1. The van der Waals surface area contributed by atoms with Gasteiger partial charge in [-0.3, -0.25) is 0 Å². The third-order valence-electron chi connectivity index (χ3n) is 3.71. The van der Waals surface area contributed by atoms with Gasteiger partial charge >= 0.3 is 0 Å². The molecule has 3 heteroatoms. The maximum atomic E-state index is 8.77. The van der Waals surface area contributed by atoms with Crippen LogP contribution in [0.15, 0.2) is 11.4 Å². The van der Waals surface area contributed by atoms with Crippen molar-refractivity contribution >= 4 is 11.3 Å². The summed E-state index contributed by atoms with van der Waals surface area (Å²) in [7, 11) is 0. The Balaban J connectivity index is 1.79. The van der Waals surface area contributed by atoms with Crippen molar-refractivity contribution in [2.75, 3.05) is 0 Å². The molecular weight excluding hydrogens is 228 g/mol. The topological polar surface area (TPSA) is 35.8 Å². The molecule has 1 aliphatic rings. The van der Waals surface area contributed by atoms with Crippen molar-refractivity contribution in [3.8, 4) is 6.07 Å². The van der Waals surface area contributed by atoms with E-state index in [1.807, 2.05) is 11.4 Å². The van der Waals surface area contributed by atoms with Crippen LogP contribution in [0.2, 0.25) is 0 Å². The second-order valence-corrected chi connectivity index (χ2v) is 5.93. The SMILES string of the molecule is CCC1CCCC(NCc2cc(C#N)cs2)C1. The fourth-order valence-electron chi connectivity index (χ4n) is 2.62. The van der Waals surface area contributed by atoms with Crippen LogP contribution in [0, 0.1) is 17.2 Å². The van der Waals surface area contributed by atoms with E-state index in [4.69, 9.17) is 5.26 Å². The van der Waals surface area contributed by atoms with Crippen LogP contribution in [0.3, 0.4) is 0 Å². The molecule has 2 atom stereocenters. The summed E-state index contributed by atoms with van der Waals surface area (Å²) in [5.74, 6) is 0.916. The van der Waals surface area contributed by atoms with Gasteiger partial charge in [0, 0.05) is 22.8 Å². The lowest BCUT2D eigenvalue weighted by atomic mass is 9.84. The van der Waals surface area contributed by atoms with Crippen molar-refractivity contribution in [3.63, 3.8) is 0 Å². The van der Waals surface area contributed by atoms with Gasteiger partial charge in [0.25, 0.3) is 0 Å². The number of hydrogen-bond donors (Lipinski definition) is 1. The molecule has 0 saturated heterocycles. The largest absolute Gasteiger partial charge is 0.309 e. The van der Waals surface area contributed by atoms with Gasteiger partial charge in [-0.25, -0.2) is 0 Å². The van der Waals surface area contributed by atoms with E-state index >= 15 is 0 Å². The summed E-state index contributed by atoms with van der Waals surface area (Å²) in [6.45, 7) is 3.22. The van der Waals surface area contributed by atoms with Gasteiger partial charge in [0.2, 0.25) is 0 Å². The molecule has 0 bridgehead atoms. The van der Waals surface area contributed by atoms with Gasteiger partial charge in [-0.05, 0) is 24.8 Å². The molecule has 1 aliphatic carbocycles. The summed E-state index contributed by atoms with van der Waals surface area (Å²) in [5, 5.41) is 14.3. The first-order valence-corrected chi connectivity index (χ1v) is 7.40. The van der Waals surface area contributed by atoms with Crippen LogP contribution in [-0.4, -0.2) is 6.04 Å². The van der Waals surface area contributed by atoms with E-state index in [9.17, 15) is 0 Å². The molecule has 0 radical (unpaired) electrons. The summed E-state index contributed by atoms with van der Waals surface area (Å²) >= 11 is 1.68. The summed E-state index contributed by atoms with van der Waals surface area (Å²) in [6, 6.07) is 4.86. The predicted molar refractivity (Wildman–Crippen MR) is 71.9 cm³/mol. The van der Waals surface area contributed by atoms with Crippen LogP contribution in [-0.2, 0) is 6.54 Å². The highest BCUT2D eigenvalue weighted by Crippen LogP contribution is 2.27. The molecule has 1 heterocycles. The Morgan fingerprint density at radius 1 is 1.53 bits per heavy atom. The van der Waals surface area contributed by atoms with Gasteiger partial charge in [0.1, 0.15) is 6.07 Å². The summed E-state index contributed by atoms with van der Waals surface area (Å²) < 4.78 is 0. The zero-order valence-electron chi connectivity index (χ0n) is 10.4. The zero-order valence-corrected chi connectivity index (χ0v) is 11.2. The van der Waals surface area contributed by atoms with Crippen molar-refractivity contribution < 1.29 is 0 Å². The molecule has 1 aromatic rings. The van der Waals surface area contributed by atoms with Gasteiger partial charge in [-0.1, -0.05) is 26.2 Å². The van der Waals surface area contributed by atoms with Gasteiger partial charge in [-0.15, -0.1) is 11.3 Å². The zero-order chi connectivity index (χ0) is 12.1. The molecule has 1 aromatic heterocycles. The molecule has 1 fully saturated rings. The average Bonchev–Trinajstić information content (AvgIpc) is 2.84. The smallest absolute Gasteiger partial charge is 0.100 e. The lowest BCUT2D eigenvalue weighted by Gasteiger charge is -2.29. The molecule has 0 aromatic carbocycles. The molecule has 0 aliphatic heterocycles. The summed E-state index contributed by atoms with van der Waals surface area (Å²) in [6.07, 6.45) is 6.73. The lowest BCUT2D eigenvalue weighted by molar-refractivity contribution is 0.279. The van der Waals surface area contributed by atoms with Crippen molar-refractivity contribution in [3.05, 3.63) is 21.9 Å². The van der Waals surface area contributed by atoms with Gasteiger partial charge in [-0.2, -0.15) is 5.26 Å². The van der Waals surface area contributed by atoms with E-state index in [0.29, 0.717) is 6.04 Å². The molecule has 0 amide bonds. The molecule has 1 saturated carbocycles. The predicted octanol–water partition coefficient (Wildman–Crippen LogP) is 3.68. The summed E-state index contributed by atoms with van der Waals surface area (Å²) in [5.41, 5.74) is 0.793. The highest BCUT2D eigenvalue weighted by atomic mass is 32.1. The molecular formula is C14H20N2S. The van der Waals surface area contributed by atoms with Gasteiger partial charge in [0.05, 0.1) is 5.56 Å². The highest BCUT2D eigenvalue weighted by molar-refractivity contribution is 7.10. The van der Waals surface area contributed by atoms with Crippen LogP contribution in [0.1, 0.15) is 49.5 Å². The lowest BCUT2D eigenvalue weighted by Crippen LogP contribution is -2.33. The van der Waals surface area contributed by atoms with E-state index in [1.165, 1.54) is 37.0 Å². The Morgan fingerprint density at radius 3 is 3.12 bits per heavy atom.